The van der Waals surface area contributed by atoms with Crippen molar-refractivity contribution in [2.24, 2.45) is 0 Å². The molecule has 106 valence electrons. The van der Waals surface area contributed by atoms with E-state index >= 15 is 0 Å². The lowest BCUT2D eigenvalue weighted by Gasteiger charge is -2.25. The third kappa shape index (κ3) is 4.44. The van der Waals surface area contributed by atoms with E-state index in [1.54, 1.807) is 20.9 Å². The van der Waals surface area contributed by atoms with E-state index in [1.807, 2.05) is 13.8 Å². The topological polar surface area (TPSA) is 66.3 Å². The number of halogens is 1. The average molecular weight is 286 g/mol. The molecule has 0 unspecified atom stereocenters. The van der Waals surface area contributed by atoms with Gasteiger partial charge < -0.3 is 10.0 Å². The average Bonchev–Trinajstić information content (AvgIpc) is 2.26. The third-order valence-electron chi connectivity index (χ3n) is 2.45. The van der Waals surface area contributed by atoms with Crippen molar-refractivity contribution in [2.45, 2.75) is 39.2 Å². The fourth-order valence-electron chi connectivity index (χ4n) is 1.64. The van der Waals surface area contributed by atoms with Crippen LogP contribution in [-0.4, -0.2) is 45.1 Å². The molecule has 1 aromatic rings. The largest absolute Gasteiger partial charge is 0.389 e. The van der Waals surface area contributed by atoms with Crippen LogP contribution in [0, 0.1) is 0 Å². The molecule has 1 heterocycles. The van der Waals surface area contributed by atoms with Crippen LogP contribution in [0.25, 0.3) is 0 Å². The summed E-state index contributed by atoms with van der Waals surface area (Å²) in [5.41, 5.74) is -0.794. The number of carbonyl (C=O) groups is 1. The molecule has 0 saturated heterocycles. The molecule has 1 amide bonds. The zero-order valence-electron chi connectivity index (χ0n) is 11.9. The Kier molecular flexibility index (Phi) is 4.87. The highest BCUT2D eigenvalue weighted by Crippen LogP contribution is 2.18. The normalized spacial score (nSPS) is 11.8. The molecule has 0 aliphatic rings. The minimum Gasteiger partial charge on any atom is -0.389 e. The Morgan fingerprint density at radius 2 is 2.11 bits per heavy atom. The number of amides is 1. The number of nitrogens with zero attached hydrogens (tertiary/aromatic N) is 3. The van der Waals surface area contributed by atoms with Gasteiger partial charge in [-0.1, -0.05) is 25.4 Å². The van der Waals surface area contributed by atoms with E-state index in [9.17, 15) is 9.90 Å². The second kappa shape index (κ2) is 5.84. The van der Waals surface area contributed by atoms with Crippen molar-refractivity contribution in [3.05, 3.63) is 22.7 Å². The Balaban J connectivity index is 3.02. The second-order valence-electron chi connectivity index (χ2n) is 5.55. The number of aromatic nitrogens is 2. The smallest absolute Gasteiger partial charge is 0.273 e. The van der Waals surface area contributed by atoms with Crippen molar-refractivity contribution in [3.63, 3.8) is 0 Å². The van der Waals surface area contributed by atoms with E-state index in [0.717, 1.165) is 0 Å². The zero-order chi connectivity index (χ0) is 14.8. The summed E-state index contributed by atoms with van der Waals surface area (Å²) in [7, 11) is 1.60. The van der Waals surface area contributed by atoms with Crippen LogP contribution >= 0.6 is 11.6 Å². The Labute approximate surface area is 118 Å². The number of hydrogen-bond acceptors (Lipinski definition) is 4. The van der Waals surface area contributed by atoms with Crippen molar-refractivity contribution < 1.29 is 9.90 Å². The molecule has 0 fully saturated rings. The summed E-state index contributed by atoms with van der Waals surface area (Å²) < 4.78 is 0. The fourth-order valence-corrected chi connectivity index (χ4v) is 1.81. The third-order valence-corrected chi connectivity index (χ3v) is 2.73. The van der Waals surface area contributed by atoms with Gasteiger partial charge in [-0.25, -0.2) is 9.97 Å². The molecule has 1 N–H and O–H groups in total. The maximum atomic E-state index is 12.3. The SMILES string of the molecule is CC(C)c1ncc(Cl)c(C(=O)N(C)CC(C)(C)O)n1. The van der Waals surface area contributed by atoms with Gasteiger partial charge in [0.15, 0.2) is 5.69 Å². The van der Waals surface area contributed by atoms with Crippen molar-refractivity contribution in [1.82, 2.24) is 14.9 Å². The Hall–Kier alpha value is -1.20. The molecule has 5 nitrogen and oxygen atoms in total. The van der Waals surface area contributed by atoms with Gasteiger partial charge >= 0.3 is 0 Å². The first-order valence-electron chi connectivity index (χ1n) is 6.12. The Morgan fingerprint density at radius 3 is 2.58 bits per heavy atom. The summed E-state index contributed by atoms with van der Waals surface area (Å²) in [6.45, 7) is 7.36. The predicted octanol–water partition coefficient (Wildman–Crippen LogP) is 2.10. The van der Waals surface area contributed by atoms with Gasteiger partial charge in [0.1, 0.15) is 5.82 Å². The van der Waals surface area contributed by atoms with Crippen LogP contribution in [0.3, 0.4) is 0 Å². The highest BCUT2D eigenvalue weighted by Gasteiger charge is 2.23. The molecule has 6 heteroatoms. The molecule has 0 aliphatic carbocycles. The van der Waals surface area contributed by atoms with Crippen LogP contribution in [0.15, 0.2) is 6.20 Å². The van der Waals surface area contributed by atoms with E-state index in [1.165, 1.54) is 11.1 Å². The van der Waals surface area contributed by atoms with Gasteiger partial charge in [-0.15, -0.1) is 0 Å². The van der Waals surface area contributed by atoms with Crippen LogP contribution in [0.5, 0.6) is 0 Å². The zero-order valence-corrected chi connectivity index (χ0v) is 12.7. The first kappa shape index (κ1) is 15.9. The van der Waals surface area contributed by atoms with Crippen LogP contribution in [0.2, 0.25) is 5.02 Å². The molecule has 0 radical (unpaired) electrons. The highest BCUT2D eigenvalue weighted by molar-refractivity contribution is 6.33. The molecule has 19 heavy (non-hydrogen) atoms. The van der Waals surface area contributed by atoms with Gasteiger partial charge in [-0.3, -0.25) is 4.79 Å². The van der Waals surface area contributed by atoms with Crippen molar-refractivity contribution >= 4 is 17.5 Å². The van der Waals surface area contributed by atoms with Gasteiger partial charge in [-0.2, -0.15) is 0 Å². The first-order valence-corrected chi connectivity index (χ1v) is 6.50. The monoisotopic (exact) mass is 285 g/mol. The van der Waals surface area contributed by atoms with Gasteiger partial charge in [0.05, 0.1) is 16.8 Å². The molecule has 0 bridgehead atoms. The summed E-state index contributed by atoms with van der Waals surface area (Å²) in [6, 6.07) is 0. The quantitative estimate of drug-likeness (QED) is 0.920. The lowest BCUT2D eigenvalue weighted by Crippen LogP contribution is -2.40. The molecule has 0 atom stereocenters. The van der Waals surface area contributed by atoms with Gasteiger partial charge in [0.2, 0.25) is 0 Å². The molecule has 0 spiro atoms. The van der Waals surface area contributed by atoms with Gasteiger partial charge in [0, 0.05) is 19.5 Å². The van der Waals surface area contributed by atoms with E-state index in [0.29, 0.717) is 5.82 Å². The van der Waals surface area contributed by atoms with Crippen LogP contribution in [0.1, 0.15) is 49.9 Å². The lowest BCUT2D eigenvalue weighted by atomic mass is 10.1. The van der Waals surface area contributed by atoms with E-state index < -0.39 is 5.60 Å². The number of hydrogen-bond donors (Lipinski definition) is 1. The van der Waals surface area contributed by atoms with Crippen LogP contribution in [-0.2, 0) is 0 Å². The van der Waals surface area contributed by atoms with Crippen LogP contribution < -0.4 is 0 Å². The predicted molar refractivity (Wildman–Crippen MR) is 74.4 cm³/mol. The maximum absolute atomic E-state index is 12.3. The molecule has 1 aromatic heterocycles. The molecule has 0 aromatic carbocycles. The number of aliphatic hydroxyl groups is 1. The highest BCUT2D eigenvalue weighted by atomic mass is 35.5. The molecule has 0 aliphatic heterocycles. The lowest BCUT2D eigenvalue weighted by molar-refractivity contribution is 0.0364. The standard InChI is InChI=1S/C13H20ClN3O2/c1-8(2)11-15-6-9(14)10(16-11)12(18)17(5)7-13(3,4)19/h6,8,19H,7H2,1-5H3. The number of carbonyl (C=O) groups excluding carboxylic acids is 1. The number of likely N-dealkylation sites (N-methyl/N-ethyl adjacent to an activating group) is 1. The summed E-state index contributed by atoms with van der Waals surface area (Å²) in [5.74, 6) is 0.365. The number of rotatable bonds is 4. The first-order chi connectivity index (χ1) is 8.61. The van der Waals surface area contributed by atoms with Gasteiger partial charge in [0.25, 0.3) is 5.91 Å². The minimum absolute atomic E-state index is 0.114. The summed E-state index contributed by atoms with van der Waals surface area (Å²) in [5, 5.41) is 9.96. The summed E-state index contributed by atoms with van der Waals surface area (Å²) in [4.78, 5) is 22.0. The van der Waals surface area contributed by atoms with E-state index in [2.05, 4.69) is 9.97 Å². The second-order valence-corrected chi connectivity index (χ2v) is 5.96. The fraction of sp³-hybridized carbons (Fsp3) is 0.615. The molecule has 1 rings (SSSR count). The molecular formula is C13H20ClN3O2. The van der Waals surface area contributed by atoms with E-state index in [-0.39, 0.29) is 29.1 Å². The van der Waals surface area contributed by atoms with Crippen molar-refractivity contribution in [1.29, 1.82) is 0 Å². The van der Waals surface area contributed by atoms with E-state index in [4.69, 9.17) is 11.6 Å². The van der Waals surface area contributed by atoms with Gasteiger partial charge in [-0.05, 0) is 13.8 Å². The van der Waals surface area contributed by atoms with Crippen molar-refractivity contribution in [2.75, 3.05) is 13.6 Å². The minimum atomic E-state index is -0.967. The summed E-state index contributed by atoms with van der Waals surface area (Å²) >= 11 is 5.98. The molecule has 0 saturated carbocycles. The molecular weight excluding hydrogens is 266 g/mol. The summed E-state index contributed by atoms with van der Waals surface area (Å²) in [6.07, 6.45) is 1.44. The van der Waals surface area contributed by atoms with Crippen LogP contribution in [0.4, 0.5) is 0 Å². The van der Waals surface area contributed by atoms with Crippen molar-refractivity contribution in [3.8, 4) is 0 Å². The Morgan fingerprint density at radius 1 is 1.53 bits per heavy atom. The Bertz CT molecular complexity index is 469. The maximum Gasteiger partial charge on any atom is 0.273 e.